The monoisotopic (exact) mass is 755 g/mol. The van der Waals surface area contributed by atoms with Crippen LogP contribution in [0.4, 0.5) is 39.8 Å². The molecule has 2 aliphatic carbocycles. The number of benzene rings is 6. The van der Waals surface area contributed by atoms with Gasteiger partial charge in [-0.25, -0.2) is 0 Å². The molecule has 0 amide bonds. The van der Waals surface area contributed by atoms with Crippen LogP contribution in [0.25, 0.3) is 11.1 Å². The lowest BCUT2D eigenvalue weighted by Gasteiger charge is -2.53. The van der Waals surface area contributed by atoms with E-state index in [0.717, 1.165) is 0 Å². The van der Waals surface area contributed by atoms with E-state index >= 15 is 0 Å². The van der Waals surface area contributed by atoms with Gasteiger partial charge in [-0.1, -0.05) is 130 Å². The molecule has 0 saturated heterocycles. The molecule has 4 heteroatoms. The Morgan fingerprint density at radius 1 is 0.466 bits per heavy atom. The number of nitrogens with zero attached hydrogens (tertiary/aromatic N) is 3. The Morgan fingerprint density at radius 3 is 1.86 bits per heavy atom. The highest BCUT2D eigenvalue weighted by Crippen LogP contribution is 2.65. The Bertz CT molecular complexity index is 2700. The topological polar surface area (TPSA) is 9.72 Å². The Morgan fingerprint density at radius 2 is 1.10 bits per heavy atom. The SMILES string of the molecule is Cc1ccc(N2c3ccc(C)cc3B3c4cc(-c5ccccc5)cc5c4N(c4cc(N6c7ccccc7C7(C)CCCCC67C)cc2c43)C2(C)CCCCC52C)cc1. The van der Waals surface area contributed by atoms with Gasteiger partial charge >= 0.3 is 0 Å². The average Bonchev–Trinajstić information content (AvgIpc) is 3.58. The molecule has 6 aliphatic rings. The van der Waals surface area contributed by atoms with E-state index < -0.39 is 0 Å². The van der Waals surface area contributed by atoms with Crippen LogP contribution in [0, 0.1) is 13.8 Å². The van der Waals surface area contributed by atoms with Gasteiger partial charge in [0.05, 0.1) is 11.1 Å². The summed E-state index contributed by atoms with van der Waals surface area (Å²) in [7, 11) is 0. The quantitative estimate of drug-likeness (QED) is 0.166. The number of aryl methyl sites for hydroxylation is 2. The predicted octanol–water partition coefficient (Wildman–Crippen LogP) is 12.1. The van der Waals surface area contributed by atoms with Gasteiger partial charge in [-0.3, -0.25) is 0 Å². The smallest absolute Gasteiger partial charge is 0.252 e. The van der Waals surface area contributed by atoms with Crippen LogP contribution < -0.4 is 31.1 Å². The molecule has 288 valence electrons. The van der Waals surface area contributed by atoms with Gasteiger partial charge in [0, 0.05) is 50.6 Å². The first-order chi connectivity index (χ1) is 28.1. The molecule has 6 aromatic rings. The van der Waals surface area contributed by atoms with Crippen LogP contribution in [0.1, 0.15) is 101 Å². The molecule has 4 aliphatic heterocycles. The molecule has 6 aromatic carbocycles. The summed E-state index contributed by atoms with van der Waals surface area (Å²) in [6.07, 6.45) is 9.89. The second-order valence-corrected chi connectivity index (χ2v) is 19.7. The van der Waals surface area contributed by atoms with Crippen molar-refractivity contribution in [3.8, 4) is 11.1 Å². The third kappa shape index (κ3) is 4.22. The lowest BCUT2D eigenvalue weighted by molar-refractivity contribution is 0.194. The lowest BCUT2D eigenvalue weighted by atomic mass is 9.33. The predicted molar refractivity (Wildman–Crippen MR) is 246 cm³/mol. The van der Waals surface area contributed by atoms with Crippen molar-refractivity contribution in [3.63, 3.8) is 0 Å². The summed E-state index contributed by atoms with van der Waals surface area (Å²) in [5.74, 6) is 0. The number of hydrogen-bond donors (Lipinski definition) is 0. The molecule has 4 atom stereocenters. The van der Waals surface area contributed by atoms with E-state index in [1.54, 1.807) is 5.56 Å². The van der Waals surface area contributed by atoms with Crippen LogP contribution in [0.2, 0.25) is 0 Å². The molecule has 4 unspecified atom stereocenters. The van der Waals surface area contributed by atoms with Crippen molar-refractivity contribution in [2.45, 2.75) is 115 Å². The molecular weight excluding hydrogens is 701 g/mol. The van der Waals surface area contributed by atoms with E-state index in [4.69, 9.17) is 0 Å². The average molecular weight is 756 g/mol. The zero-order chi connectivity index (χ0) is 39.3. The molecule has 3 nitrogen and oxygen atoms in total. The van der Waals surface area contributed by atoms with Crippen LogP contribution in [0.15, 0.2) is 121 Å². The maximum Gasteiger partial charge on any atom is 0.252 e. The maximum absolute atomic E-state index is 2.92. The van der Waals surface area contributed by atoms with E-state index in [1.807, 2.05) is 0 Å². The first-order valence-electron chi connectivity index (χ1n) is 22.1. The molecule has 12 rings (SSSR count). The van der Waals surface area contributed by atoms with E-state index in [9.17, 15) is 0 Å². The third-order valence-corrected chi connectivity index (χ3v) is 16.8. The van der Waals surface area contributed by atoms with E-state index in [-0.39, 0.29) is 28.6 Å². The summed E-state index contributed by atoms with van der Waals surface area (Å²) < 4.78 is 0. The Hall–Kier alpha value is -5.22. The zero-order valence-electron chi connectivity index (χ0n) is 35.1. The van der Waals surface area contributed by atoms with Gasteiger partial charge in [0.2, 0.25) is 0 Å². The van der Waals surface area contributed by atoms with Crippen molar-refractivity contribution in [3.05, 3.63) is 144 Å². The van der Waals surface area contributed by atoms with Crippen molar-refractivity contribution >= 4 is 62.9 Å². The first-order valence-corrected chi connectivity index (χ1v) is 22.1. The van der Waals surface area contributed by atoms with Crippen LogP contribution in [-0.2, 0) is 10.8 Å². The van der Waals surface area contributed by atoms with E-state index in [0.29, 0.717) is 0 Å². The molecule has 0 N–H and O–H groups in total. The van der Waals surface area contributed by atoms with E-state index in [1.165, 1.54) is 135 Å². The Kier molecular flexibility index (Phi) is 7.03. The summed E-state index contributed by atoms with van der Waals surface area (Å²) in [6.45, 7) is 15.0. The minimum Gasteiger partial charge on any atom is -0.335 e. The maximum atomic E-state index is 2.92. The number of rotatable bonds is 3. The van der Waals surface area contributed by atoms with Gasteiger partial charge in [0.25, 0.3) is 6.71 Å². The van der Waals surface area contributed by atoms with Crippen LogP contribution in [0.5, 0.6) is 0 Å². The highest BCUT2D eigenvalue weighted by Gasteiger charge is 2.62. The summed E-state index contributed by atoms with van der Waals surface area (Å²) in [5, 5.41) is 0. The molecule has 2 fully saturated rings. The highest BCUT2D eigenvalue weighted by molar-refractivity contribution is 7.00. The molecule has 0 radical (unpaired) electrons. The molecule has 0 aromatic heterocycles. The van der Waals surface area contributed by atoms with Crippen LogP contribution >= 0.6 is 0 Å². The fourth-order valence-electron chi connectivity index (χ4n) is 13.4. The Labute approximate surface area is 345 Å². The van der Waals surface area contributed by atoms with Gasteiger partial charge in [-0.05, 0) is 134 Å². The minimum absolute atomic E-state index is 0.0107. The fourth-order valence-corrected chi connectivity index (χ4v) is 13.4. The van der Waals surface area contributed by atoms with Gasteiger partial charge < -0.3 is 14.7 Å². The van der Waals surface area contributed by atoms with Crippen molar-refractivity contribution < 1.29 is 0 Å². The van der Waals surface area contributed by atoms with Crippen molar-refractivity contribution in [2.75, 3.05) is 14.7 Å². The molecule has 0 bridgehead atoms. The van der Waals surface area contributed by atoms with Gasteiger partial charge in [0.1, 0.15) is 0 Å². The van der Waals surface area contributed by atoms with Crippen LogP contribution in [0.3, 0.4) is 0 Å². The molecule has 4 heterocycles. The highest BCUT2D eigenvalue weighted by atomic mass is 15.3. The summed E-state index contributed by atoms with van der Waals surface area (Å²) in [4.78, 5) is 8.37. The molecule has 2 saturated carbocycles. The third-order valence-electron chi connectivity index (χ3n) is 16.8. The standard InChI is InChI=1S/C54H54BN3/c1-35-20-23-39(24-21-35)56-46-25-22-36(2)30-43(46)55-44-32-38(37-16-8-7-9-17-37)31-42-50(44)58(54(6)29-15-13-27-52(42,54)4)48-34-40(33-47(56)49(48)55)57-45-19-11-10-18-41(45)51(3)26-12-14-28-53(51,57)5/h7-11,16-25,30-34H,12-15,26-29H2,1-6H3. The first kappa shape index (κ1) is 34.8. The fraction of sp³-hybridized carbons (Fsp3) is 0.333. The largest absolute Gasteiger partial charge is 0.335 e. The number of para-hydroxylation sites is 1. The number of fused-ring (bicyclic) bond motifs is 10. The summed E-state index contributed by atoms with van der Waals surface area (Å²) in [5.41, 5.74) is 22.1. The van der Waals surface area contributed by atoms with Crippen molar-refractivity contribution in [2.24, 2.45) is 0 Å². The van der Waals surface area contributed by atoms with Crippen molar-refractivity contribution in [1.29, 1.82) is 0 Å². The Balaban J connectivity index is 1.22. The second kappa shape index (κ2) is 11.7. The van der Waals surface area contributed by atoms with E-state index in [2.05, 4.69) is 178 Å². The normalized spacial score (nSPS) is 27.1. The number of hydrogen-bond acceptors (Lipinski definition) is 3. The molecule has 0 spiro atoms. The van der Waals surface area contributed by atoms with Gasteiger partial charge in [-0.2, -0.15) is 0 Å². The minimum atomic E-state index is -0.0667. The summed E-state index contributed by atoms with van der Waals surface area (Å²) >= 11 is 0. The van der Waals surface area contributed by atoms with Gasteiger partial charge in [0.15, 0.2) is 0 Å². The second-order valence-electron chi connectivity index (χ2n) is 19.7. The molecule has 58 heavy (non-hydrogen) atoms. The van der Waals surface area contributed by atoms with Crippen molar-refractivity contribution in [1.82, 2.24) is 0 Å². The molecular formula is C54H54BN3. The van der Waals surface area contributed by atoms with Gasteiger partial charge in [-0.15, -0.1) is 0 Å². The zero-order valence-corrected chi connectivity index (χ0v) is 35.1. The summed E-state index contributed by atoms with van der Waals surface area (Å²) in [6, 6.07) is 47.6. The number of anilines is 7. The van der Waals surface area contributed by atoms with Crippen LogP contribution in [-0.4, -0.2) is 17.8 Å². The lowest BCUT2D eigenvalue weighted by Crippen LogP contribution is -2.64.